The fourth-order valence-corrected chi connectivity index (χ4v) is 2.82. The summed E-state index contributed by atoms with van der Waals surface area (Å²) < 4.78 is 31.0. The number of methoxy groups -OCH3 is 1. The Morgan fingerprint density at radius 3 is 2.50 bits per heavy atom. The van der Waals surface area contributed by atoms with Crippen LogP contribution >= 0.6 is 0 Å². The number of benzene rings is 1. The standard InChI is InChI=1S/C16H26N4O5S/c1-4-6-7-13(19-16(17)22)15(21)18-11-8-9-12(14(10-11)25-3)20-26(23,24)5-2/h8-10,13,20H,4-7H2,1-3H3,(H,18,21)(H3,17,19,22). The van der Waals surface area contributed by atoms with Gasteiger partial charge in [0.15, 0.2) is 0 Å². The second-order valence-electron chi connectivity index (χ2n) is 5.61. The molecule has 1 aromatic rings. The minimum absolute atomic E-state index is 0.0768. The third-order valence-electron chi connectivity index (χ3n) is 3.59. The average Bonchev–Trinajstić information content (AvgIpc) is 2.59. The van der Waals surface area contributed by atoms with Crippen LogP contribution in [0.3, 0.4) is 0 Å². The normalized spacial score (nSPS) is 12.1. The van der Waals surface area contributed by atoms with Crippen molar-refractivity contribution < 1.29 is 22.7 Å². The molecule has 1 rings (SSSR count). The molecule has 9 nitrogen and oxygen atoms in total. The number of amides is 3. The molecule has 5 N–H and O–H groups in total. The van der Waals surface area contributed by atoms with Crippen LogP contribution in [-0.2, 0) is 14.8 Å². The summed E-state index contributed by atoms with van der Waals surface area (Å²) in [6.45, 7) is 3.49. The van der Waals surface area contributed by atoms with Gasteiger partial charge in [-0.2, -0.15) is 0 Å². The van der Waals surface area contributed by atoms with Gasteiger partial charge >= 0.3 is 6.03 Å². The van der Waals surface area contributed by atoms with Gasteiger partial charge in [-0.05, 0) is 25.5 Å². The number of nitrogens with two attached hydrogens (primary N) is 1. The number of carbonyl (C=O) groups excluding carboxylic acids is 2. The quantitative estimate of drug-likeness (QED) is 0.484. The van der Waals surface area contributed by atoms with E-state index in [0.29, 0.717) is 12.1 Å². The molecule has 1 unspecified atom stereocenters. The molecule has 3 amide bonds. The Hall–Kier alpha value is -2.49. The molecule has 0 aliphatic rings. The van der Waals surface area contributed by atoms with Crippen LogP contribution in [0.25, 0.3) is 0 Å². The lowest BCUT2D eigenvalue weighted by Gasteiger charge is -2.18. The predicted octanol–water partition coefficient (Wildman–Crippen LogP) is 1.62. The molecule has 0 fully saturated rings. The van der Waals surface area contributed by atoms with Gasteiger partial charge in [0.25, 0.3) is 0 Å². The van der Waals surface area contributed by atoms with Crippen LogP contribution in [0, 0.1) is 0 Å². The first-order valence-electron chi connectivity index (χ1n) is 8.27. The molecular formula is C16H26N4O5S. The highest BCUT2D eigenvalue weighted by Gasteiger charge is 2.20. The van der Waals surface area contributed by atoms with E-state index in [1.165, 1.54) is 32.2 Å². The van der Waals surface area contributed by atoms with Crippen molar-refractivity contribution in [3.8, 4) is 5.75 Å². The molecule has 0 aliphatic heterocycles. The summed E-state index contributed by atoms with van der Waals surface area (Å²) in [7, 11) is -2.06. The van der Waals surface area contributed by atoms with E-state index in [-0.39, 0.29) is 17.2 Å². The van der Waals surface area contributed by atoms with Gasteiger partial charge in [-0.1, -0.05) is 19.8 Å². The van der Waals surface area contributed by atoms with Gasteiger partial charge in [-0.15, -0.1) is 0 Å². The number of rotatable bonds is 10. The number of anilines is 2. The number of nitrogens with one attached hydrogen (secondary N) is 3. The Balaban J connectivity index is 2.94. The lowest BCUT2D eigenvalue weighted by atomic mass is 10.1. The van der Waals surface area contributed by atoms with Crippen molar-refractivity contribution in [2.75, 3.05) is 22.9 Å². The summed E-state index contributed by atoms with van der Waals surface area (Å²) in [5.41, 5.74) is 5.79. The second kappa shape index (κ2) is 9.85. The molecule has 0 radical (unpaired) electrons. The van der Waals surface area contributed by atoms with E-state index in [1.54, 1.807) is 0 Å². The number of sulfonamides is 1. The maximum Gasteiger partial charge on any atom is 0.312 e. The van der Waals surface area contributed by atoms with Crippen LogP contribution in [0.1, 0.15) is 33.1 Å². The lowest BCUT2D eigenvalue weighted by molar-refractivity contribution is -0.118. The maximum atomic E-state index is 12.4. The van der Waals surface area contributed by atoms with Crippen molar-refractivity contribution in [1.82, 2.24) is 5.32 Å². The molecular weight excluding hydrogens is 360 g/mol. The Labute approximate surface area is 153 Å². The first kappa shape index (κ1) is 21.6. The van der Waals surface area contributed by atoms with Gasteiger partial charge in [0, 0.05) is 11.8 Å². The molecule has 0 saturated heterocycles. The third-order valence-corrected chi connectivity index (χ3v) is 4.88. The van der Waals surface area contributed by atoms with E-state index < -0.39 is 28.0 Å². The first-order chi connectivity index (χ1) is 12.2. The lowest BCUT2D eigenvalue weighted by Crippen LogP contribution is -2.46. The molecule has 0 heterocycles. The number of carbonyl (C=O) groups is 2. The third kappa shape index (κ3) is 6.79. The minimum Gasteiger partial charge on any atom is -0.494 e. The summed E-state index contributed by atoms with van der Waals surface area (Å²) in [6, 6.07) is 2.99. The smallest absolute Gasteiger partial charge is 0.312 e. The minimum atomic E-state index is -3.46. The Morgan fingerprint density at radius 2 is 1.96 bits per heavy atom. The average molecular weight is 386 g/mol. The highest BCUT2D eigenvalue weighted by Crippen LogP contribution is 2.29. The van der Waals surface area contributed by atoms with Gasteiger partial charge in [0.2, 0.25) is 15.9 Å². The highest BCUT2D eigenvalue weighted by molar-refractivity contribution is 7.92. The highest BCUT2D eigenvalue weighted by atomic mass is 32.2. The molecule has 146 valence electrons. The van der Waals surface area contributed by atoms with E-state index in [2.05, 4.69) is 15.4 Å². The molecule has 0 bridgehead atoms. The van der Waals surface area contributed by atoms with Gasteiger partial charge in [0.05, 0.1) is 18.6 Å². The van der Waals surface area contributed by atoms with Gasteiger partial charge < -0.3 is 21.1 Å². The largest absolute Gasteiger partial charge is 0.494 e. The van der Waals surface area contributed by atoms with Crippen molar-refractivity contribution in [2.24, 2.45) is 5.73 Å². The van der Waals surface area contributed by atoms with Crippen LogP contribution in [0.5, 0.6) is 5.75 Å². The van der Waals surface area contributed by atoms with Crippen molar-refractivity contribution >= 4 is 33.3 Å². The number of hydrogen-bond donors (Lipinski definition) is 4. The van der Waals surface area contributed by atoms with E-state index in [9.17, 15) is 18.0 Å². The number of primary amides is 1. The molecule has 26 heavy (non-hydrogen) atoms. The maximum absolute atomic E-state index is 12.4. The van der Waals surface area contributed by atoms with Crippen molar-refractivity contribution in [3.63, 3.8) is 0 Å². The van der Waals surface area contributed by atoms with Crippen molar-refractivity contribution in [3.05, 3.63) is 18.2 Å². The van der Waals surface area contributed by atoms with Crippen LogP contribution in [0.15, 0.2) is 18.2 Å². The van der Waals surface area contributed by atoms with Crippen molar-refractivity contribution in [1.29, 1.82) is 0 Å². The van der Waals surface area contributed by atoms with E-state index in [4.69, 9.17) is 10.5 Å². The zero-order chi connectivity index (χ0) is 19.7. The first-order valence-corrected chi connectivity index (χ1v) is 9.93. The SMILES string of the molecule is CCCCC(NC(N)=O)C(=O)Nc1ccc(NS(=O)(=O)CC)c(OC)c1. The zero-order valence-corrected chi connectivity index (χ0v) is 16.0. The fraction of sp³-hybridized carbons (Fsp3) is 0.500. The molecule has 0 aliphatic carbocycles. The van der Waals surface area contributed by atoms with Crippen LogP contribution in [0.4, 0.5) is 16.2 Å². The molecule has 1 aromatic carbocycles. The predicted molar refractivity (Wildman–Crippen MR) is 101 cm³/mol. The van der Waals surface area contributed by atoms with E-state index in [0.717, 1.165) is 12.8 Å². The van der Waals surface area contributed by atoms with Gasteiger partial charge in [-0.25, -0.2) is 13.2 Å². The van der Waals surface area contributed by atoms with Crippen LogP contribution in [0.2, 0.25) is 0 Å². The topological polar surface area (TPSA) is 140 Å². The summed E-state index contributed by atoms with van der Waals surface area (Å²) >= 11 is 0. The number of urea groups is 1. The summed E-state index contributed by atoms with van der Waals surface area (Å²) in [5, 5.41) is 5.09. The zero-order valence-electron chi connectivity index (χ0n) is 15.2. The number of unbranched alkanes of at least 4 members (excludes halogenated alkanes) is 1. The number of hydrogen-bond acceptors (Lipinski definition) is 5. The van der Waals surface area contributed by atoms with Gasteiger partial charge in [0.1, 0.15) is 11.8 Å². The van der Waals surface area contributed by atoms with E-state index >= 15 is 0 Å². The summed E-state index contributed by atoms with van der Waals surface area (Å²) in [5.74, 6) is -0.235. The summed E-state index contributed by atoms with van der Waals surface area (Å²) in [6.07, 6.45) is 2.07. The monoisotopic (exact) mass is 386 g/mol. The molecule has 0 spiro atoms. The Kier molecular flexibility index (Phi) is 8.17. The molecule has 10 heteroatoms. The van der Waals surface area contributed by atoms with Crippen molar-refractivity contribution in [2.45, 2.75) is 39.2 Å². The molecule has 0 saturated carbocycles. The van der Waals surface area contributed by atoms with Crippen LogP contribution < -0.4 is 25.8 Å². The summed E-state index contributed by atoms with van der Waals surface area (Å²) in [4.78, 5) is 23.5. The fourth-order valence-electron chi connectivity index (χ4n) is 2.17. The van der Waals surface area contributed by atoms with Gasteiger partial charge in [-0.3, -0.25) is 9.52 Å². The second-order valence-corrected chi connectivity index (χ2v) is 7.62. The molecule has 1 atom stereocenters. The molecule has 0 aromatic heterocycles. The Bertz CT molecular complexity index is 736. The number of ether oxygens (including phenoxy) is 1. The Morgan fingerprint density at radius 1 is 1.27 bits per heavy atom. The van der Waals surface area contributed by atoms with E-state index in [1.807, 2.05) is 6.92 Å². The van der Waals surface area contributed by atoms with Crippen LogP contribution in [-0.4, -0.2) is 39.3 Å².